The molecule has 2 fully saturated rings. The summed E-state index contributed by atoms with van der Waals surface area (Å²) in [5.41, 5.74) is 0.631. The van der Waals surface area contributed by atoms with Crippen LogP contribution in [0.3, 0.4) is 0 Å². The summed E-state index contributed by atoms with van der Waals surface area (Å²) in [6.07, 6.45) is 5.84. The number of piperidine rings is 1. The Morgan fingerprint density at radius 1 is 1.36 bits per heavy atom. The fraction of sp³-hybridized carbons (Fsp3) is 0.588. The second-order valence-electron chi connectivity index (χ2n) is 6.24. The van der Waals surface area contributed by atoms with Gasteiger partial charge in [0, 0.05) is 6.54 Å². The molecular weight excluding hydrogens is 280 g/mol. The Kier molecular flexibility index (Phi) is 4.19. The van der Waals surface area contributed by atoms with Gasteiger partial charge >= 0.3 is 0 Å². The van der Waals surface area contributed by atoms with Gasteiger partial charge in [-0.05, 0) is 57.0 Å². The molecule has 118 valence electrons. The number of benzene rings is 1. The van der Waals surface area contributed by atoms with Crippen LogP contribution in [-0.2, 0) is 10.3 Å². The lowest BCUT2D eigenvalue weighted by molar-refractivity contribution is 0.101. The fourth-order valence-electron chi connectivity index (χ4n) is 3.12. The van der Waals surface area contributed by atoms with Gasteiger partial charge in [0.25, 0.3) is 0 Å². The van der Waals surface area contributed by atoms with Gasteiger partial charge in [0.1, 0.15) is 6.10 Å². The molecule has 1 unspecified atom stereocenters. The third kappa shape index (κ3) is 3.01. The molecule has 0 amide bonds. The molecule has 0 aromatic heterocycles. The van der Waals surface area contributed by atoms with E-state index in [1.165, 1.54) is 0 Å². The van der Waals surface area contributed by atoms with E-state index < -0.39 is 0 Å². The molecule has 1 saturated carbocycles. The molecule has 1 aliphatic heterocycles. The van der Waals surface area contributed by atoms with Gasteiger partial charge in [0.05, 0.1) is 12.6 Å². The molecule has 1 atom stereocenters. The number of ether oxygens (including phenoxy) is 2. The first-order valence-electron chi connectivity index (χ1n) is 7.79. The molecule has 1 aromatic rings. The van der Waals surface area contributed by atoms with Crippen LogP contribution in [0.4, 0.5) is 0 Å². The number of likely N-dealkylation sites (tertiary alicyclic amines) is 1. The first-order valence-corrected chi connectivity index (χ1v) is 7.79. The number of hydrogen-bond acceptors (Lipinski definition) is 5. The molecule has 3 rings (SSSR count). The number of hydrogen-bond donors (Lipinski definition) is 0. The summed E-state index contributed by atoms with van der Waals surface area (Å²) in [7, 11) is 3.76. The van der Waals surface area contributed by atoms with Gasteiger partial charge < -0.3 is 14.4 Å². The van der Waals surface area contributed by atoms with E-state index in [4.69, 9.17) is 9.47 Å². The minimum absolute atomic E-state index is 0.174. The molecule has 22 heavy (non-hydrogen) atoms. The van der Waals surface area contributed by atoms with Gasteiger partial charge in [0.2, 0.25) is 6.08 Å². The van der Waals surface area contributed by atoms with Crippen molar-refractivity contribution >= 4 is 6.08 Å². The van der Waals surface area contributed by atoms with Gasteiger partial charge in [-0.1, -0.05) is 6.07 Å². The van der Waals surface area contributed by atoms with E-state index in [2.05, 4.69) is 16.9 Å². The van der Waals surface area contributed by atoms with Crippen LogP contribution in [0.15, 0.2) is 23.2 Å². The molecular formula is C17H22N2O3. The van der Waals surface area contributed by atoms with Gasteiger partial charge in [-0.3, -0.25) is 0 Å². The number of carbonyl (C=O) groups excluding carboxylic acids is 1. The lowest BCUT2D eigenvalue weighted by atomic mass is 10.0. The van der Waals surface area contributed by atoms with Gasteiger partial charge in [-0.25, -0.2) is 4.79 Å². The van der Waals surface area contributed by atoms with E-state index in [-0.39, 0.29) is 11.6 Å². The molecule has 1 saturated heterocycles. The van der Waals surface area contributed by atoms with E-state index >= 15 is 0 Å². The lowest BCUT2D eigenvalue weighted by Crippen LogP contribution is -2.38. The Balaban J connectivity index is 1.84. The first kappa shape index (κ1) is 15.1. The molecule has 0 bridgehead atoms. The first-order chi connectivity index (χ1) is 10.7. The number of isocyanates is 1. The van der Waals surface area contributed by atoms with Crippen molar-refractivity contribution in [2.24, 2.45) is 4.99 Å². The van der Waals surface area contributed by atoms with Crippen molar-refractivity contribution in [1.82, 2.24) is 4.90 Å². The SMILES string of the molecule is COc1ccc(C2(N=C=O)CC2)cc1OC1CCCN(C)C1. The Bertz CT molecular complexity index is 592. The highest BCUT2D eigenvalue weighted by Crippen LogP contribution is 2.50. The monoisotopic (exact) mass is 302 g/mol. The standard InChI is InChI=1S/C17H22N2O3/c1-19-9-3-4-14(11-19)22-16-10-13(5-6-15(16)21-2)17(7-8-17)18-12-20/h5-6,10,14H,3-4,7-9,11H2,1-2H3. The Morgan fingerprint density at radius 2 is 2.18 bits per heavy atom. The highest BCUT2D eigenvalue weighted by Gasteiger charge is 2.45. The van der Waals surface area contributed by atoms with Crippen molar-refractivity contribution in [3.63, 3.8) is 0 Å². The van der Waals surface area contributed by atoms with Crippen LogP contribution in [0.5, 0.6) is 11.5 Å². The number of likely N-dealkylation sites (N-methyl/N-ethyl adjacent to an activating group) is 1. The van der Waals surface area contributed by atoms with Gasteiger partial charge in [-0.15, -0.1) is 0 Å². The summed E-state index contributed by atoms with van der Waals surface area (Å²) < 4.78 is 11.6. The third-order valence-electron chi connectivity index (χ3n) is 4.56. The predicted molar refractivity (Wildman–Crippen MR) is 83.2 cm³/mol. The van der Waals surface area contributed by atoms with Crippen molar-refractivity contribution in [2.75, 3.05) is 27.2 Å². The zero-order valence-electron chi connectivity index (χ0n) is 13.2. The Morgan fingerprint density at radius 3 is 2.82 bits per heavy atom. The van der Waals surface area contributed by atoms with Gasteiger partial charge in [-0.2, -0.15) is 4.99 Å². The summed E-state index contributed by atoms with van der Waals surface area (Å²) in [6.45, 7) is 2.04. The molecule has 5 heteroatoms. The maximum absolute atomic E-state index is 10.6. The van der Waals surface area contributed by atoms with Gasteiger partial charge in [0.15, 0.2) is 11.5 Å². The summed E-state index contributed by atoms with van der Waals surface area (Å²) in [5, 5.41) is 0. The minimum atomic E-state index is -0.379. The maximum atomic E-state index is 10.6. The lowest BCUT2D eigenvalue weighted by Gasteiger charge is -2.30. The smallest absolute Gasteiger partial charge is 0.235 e. The van der Waals surface area contributed by atoms with E-state index in [1.807, 2.05) is 18.2 Å². The van der Waals surface area contributed by atoms with E-state index in [1.54, 1.807) is 13.2 Å². The molecule has 0 radical (unpaired) electrons. The number of nitrogens with zero attached hydrogens (tertiary/aromatic N) is 2. The van der Waals surface area contributed by atoms with Crippen LogP contribution in [0, 0.1) is 0 Å². The van der Waals surface area contributed by atoms with Crippen molar-refractivity contribution in [1.29, 1.82) is 0 Å². The minimum Gasteiger partial charge on any atom is -0.493 e. The summed E-state index contributed by atoms with van der Waals surface area (Å²) in [5.74, 6) is 1.47. The fourth-order valence-corrected chi connectivity index (χ4v) is 3.12. The average molecular weight is 302 g/mol. The Labute approximate surface area is 130 Å². The quantitative estimate of drug-likeness (QED) is 0.619. The highest BCUT2D eigenvalue weighted by atomic mass is 16.5. The van der Waals surface area contributed by atoms with E-state index in [0.717, 1.165) is 55.8 Å². The largest absolute Gasteiger partial charge is 0.493 e. The highest BCUT2D eigenvalue weighted by molar-refractivity contribution is 5.48. The molecule has 5 nitrogen and oxygen atoms in total. The van der Waals surface area contributed by atoms with Crippen LogP contribution in [0.25, 0.3) is 0 Å². The predicted octanol–water partition coefficient (Wildman–Crippen LogP) is 2.49. The van der Waals surface area contributed by atoms with E-state index in [0.29, 0.717) is 0 Å². The van der Waals surface area contributed by atoms with Crippen molar-refractivity contribution < 1.29 is 14.3 Å². The zero-order chi connectivity index (χ0) is 15.6. The molecule has 1 aliphatic carbocycles. The second kappa shape index (κ2) is 6.11. The molecule has 0 N–H and O–H groups in total. The summed E-state index contributed by atoms with van der Waals surface area (Å²) >= 11 is 0. The van der Waals surface area contributed by atoms with Crippen LogP contribution in [0.2, 0.25) is 0 Å². The number of methoxy groups -OCH3 is 1. The summed E-state index contributed by atoms with van der Waals surface area (Å²) in [4.78, 5) is 16.9. The molecule has 2 aliphatic rings. The molecule has 1 heterocycles. The maximum Gasteiger partial charge on any atom is 0.235 e. The van der Waals surface area contributed by atoms with Crippen molar-refractivity contribution in [3.05, 3.63) is 23.8 Å². The zero-order valence-corrected chi connectivity index (χ0v) is 13.2. The van der Waals surface area contributed by atoms with Crippen LogP contribution < -0.4 is 9.47 Å². The second-order valence-corrected chi connectivity index (χ2v) is 6.24. The van der Waals surface area contributed by atoms with E-state index in [9.17, 15) is 4.79 Å². The van der Waals surface area contributed by atoms with Crippen molar-refractivity contribution in [2.45, 2.75) is 37.3 Å². The Hall–Kier alpha value is -1.84. The normalized spacial score (nSPS) is 23.5. The number of rotatable bonds is 5. The average Bonchev–Trinajstić information content (AvgIpc) is 3.28. The molecule has 0 spiro atoms. The number of aliphatic imine (C=N–C) groups is 1. The molecule has 1 aromatic carbocycles. The van der Waals surface area contributed by atoms with Crippen LogP contribution >= 0.6 is 0 Å². The van der Waals surface area contributed by atoms with Crippen LogP contribution in [0.1, 0.15) is 31.2 Å². The topological polar surface area (TPSA) is 51.1 Å². The third-order valence-corrected chi connectivity index (χ3v) is 4.56. The summed E-state index contributed by atoms with van der Waals surface area (Å²) in [6, 6.07) is 5.84. The van der Waals surface area contributed by atoms with Crippen LogP contribution in [-0.4, -0.2) is 44.3 Å². The van der Waals surface area contributed by atoms with Crippen molar-refractivity contribution in [3.8, 4) is 11.5 Å².